The maximum Gasteiger partial charge on any atom is 0.387 e. The third kappa shape index (κ3) is 6.37. The number of hydrogen-bond acceptors (Lipinski definition) is 3. The van der Waals surface area contributed by atoms with Crippen molar-refractivity contribution in [1.82, 2.24) is 5.32 Å². The fourth-order valence-electron chi connectivity index (χ4n) is 3.01. The predicted molar refractivity (Wildman–Crippen MR) is 114 cm³/mol. The first kappa shape index (κ1) is 22.0. The SMILES string of the molecule is C[C@H](NC(=O)c1ccccc1)C(=O)Nc1ccc(OC(F)F)c(Cc2ccccc2)c1. The van der Waals surface area contributed by atoms with Crippen LogP contribution in [0.3, 0.4) is 0 Å². The molecule has 160 valence electrons. The number of anilines is 1. The molecule has 0 heterocycles. The van der Waals surface area contributed by atoms with Gasteiger partial charge < -0.3 is 15.4 Å². The molecule has 0 aliphatic heterocycles. The van der Waals surface area contributed by atoms with Crippen molar-refractivity contribution in [3.63, 3.8) is 0 Å². The average molecular weight is 424 g/mol. The molecule has 0 bridgehead atoms. The second-order valence-electron chi connectivity index (χ2n) is 6.91. The molecular weight excluding hydrogens is 402 g/mol. The summed E-state index contributed by atoms with van der Waals surface area (Å²) >= 11 is 0. The molecule has 0 aromatic heterocycles. The number of ether oxygens (including phenoxy) is 1. The first-order chi connectivity index (χ1) is 14.9. The molecule has 0 fully saturated rings. The minimum atomic E-state index is -2.96. The van der Waals surface area contributed by atoms with Crippen LogP contribution in [0.2, 0.25) is 0 Å². The van der Waals surface area contributed by atoms with Gasteiger partial charge in [-0.25, -0.2) is 0 Å². The lowest BCUT2D eigenvalue weighted by Crippen LogP contribution is -2.41. The van der Waals surface area contributed by atoms with Gasteiger partial charge in [-0.2, -0.15) is 8.78 Å². The van der Waals surface area contributed by atoms with Crippen LogP contribution < -0.4 is 15.4 Å². The Morgan fingerprint density at radius 3 is 2.23 bits per heavy atom. The molecule has 3 aromatic rings. The highest BCUT2D eigenvalue weighted by atomic mass is 19.3. The molecular formula is C24H22F2N2O3. The topological polar surface area (TPSA) is 67.4 Å². The van der Waals surface area contributed by atoms with E-state index in [4.69, 9.17) is 0 Å². The van der Waals surface area contributed by atoms with Crippen LogP contribution in [-0.4, -0.2) is 24.5 Å². The van der Waals surface area contributed by atoms with Gasteiger partial charge in [-0.15, -0.1) is 0 Å². The number of alkyl halides is 2. The Bertz CT molecular complexity index is 1030. The fraction of sp³-hybridized carbons (Fsp3) is 0.167. The van der Waals surface area contributed by atoms with Gasteiger partial charge in [-0.3, -0.25) is 9.59 Å². The zero-order valence-corrected chi connectivity index (χ0v) is 16.8. The van der Waals surface area contributed by atoms with Gasteiger partial charge in [0.2, 0.25) is 5.91 Å². The molecule has 0 aliphatic rings. The second-order valence-corrected chi connectivity index (χ2v) is 6.91. The van der Waals surface area contributed by atoms with Crippen molar-refractivity contribution in [1.29, 1.82) is 0 Å². The summed E-state index contributed by atoms with van der Waals surface area (Å²) in [6.45, 7) is -1.39. The second kappa shape index (κ2) is 10.3. The van der Waals surface area contributed by atoms with E-state index in [9.17, 15) is 18.4 Å². The Labute approximate surface area is 179 Å². The van der Waals surface area contributed by atoms with Crippen LogP contribution in [0.4, 0.5) is 14.5 Å². The maximum atomic E-state index is 12.8. The lowest BCUT2D eigenvalue weighted by atomic mass is 10.0. The summed E-state index contributed by atoms with van der Waals surface area (Å²) in [5.74, 6) is -0.756. The van der Waals surface area contributed by atoms with E-state index in [1.165, 1.54) is 12.1 Å². The van der Waals surface area contributed by atoms with E-state index in [-0.39, 0.29) is 11.7 Å². The number of hydrogen-bond donors (Lipinski definition) is 2. The zero-order valence-electron chi connectivity index (χ0n) is 16.8. The minimum absolute atomic E-state index is 0.0438. The Hall–Kier alpha value is -3.74. The van der Waals surface area contributed by atoms with Crippen LogP contribution in [0.25, 0.3) is 0 Å². The molecule has 0 aliphatic carbocycles. The lowest BCUT2D eigenvalue weighted by molar-refractivity contribution is -0.117. The Balaban J connectivity index is 1.71. The third-order valence-corrected chi connectivity index (χ3v) is 4.56. The highest BCUT2D eigenvalue weighted by Gasteiger charge is 2.18. The van der Waals surface area contributed by atoms with Gasteiger partial charge in [-0.1, -0.05) is 48.5 Å². The monoisotopic (exact) mass is 424 g/mol. The van der Waals surface area contributed by atoms with Gasteiger partial charge in [0.05, 0.1) is 0 Å². The van der Waals surface area contributed by atoms with Crippen LogP contribution in [0.5, 0.6) is 5.75 Å². The molecule has 0 unspecified atom stereocenters. The van der Waals surface area contributed by atoms with Crippen molar-refractivity contribution in [2.24, 2.45) is 0 Å². The smallest absolute Gasteiger partial charge is 0.387 e. The van der Waals surface area contributed by atoms with Crippen molar-refractivity contribution in [3.05, 3.63) is 95.6 Å². The van der Waals surface area contributed by atoms with Crippen molar-refractivity contribution in [2.45, 2.75) is 26.0 Å². The average Bonchev–Trinajstić information content (AvgIpc) is 2.76. The summed E-state index contributed by atoms with van der Waals surface area (Å²) in [5.41, 5.74) is 2.28. The summed E-state index contributed by atoms with van der Waals surface area (Å²) in [4.78, 5) is 24.8. The van der Waals surface area contributed by atoms with E-state index < -0.39 is 18.6 Å². The van der Waals surface area contributed by atoms with Gasteiger partial charge in [0, 0.05) is 23.2 Å². The molecule has 31 heavy (non-hydrogen) atoms. The molecule has 1 atom stereocenters. The first-order valence-electron chi connectivity index (χ1n) is 9.71. The highest BCUT2D eigenvalue weighted by Crippen LogP contribution is 2.27. The summed E-state index contributed by atoms with van der Waals surface area (Å²) in [6, 6.07) is 21.5. The minimum Gasteiger partial charge on any atom is -0.435 e. The van der Waals surface area contributed by atoms with E-state index in [1.807, 2.05) is 30.3 Å². The molecule has 3 aromatic carbocycles. The van der Waals surface area contributed by atoms with E-state index in [1.54, 1.807) is 43.3 Å². The molecule has 0 spiro atoms. The standard InChI is InChI=1S/C24H22F2N2O3/c1-16(27-23(30)18-10-6-3-7-11-18)22(29)28-20-12-13-21(31-24(25)26)19(15-20)14-17-8-4-2-5-9-17/h2-13,15-16,24H,14H2,1H3,(H,27,30)(H,28,29)/t16-/m0/s1. The van der Waals surface area contributed by atoms with Gasteiger partial charge in [0.25, 0.3) is 5.91 Å². The molecule has 5 nitrogen and oxygen atoms in total. The molecule has 0 saturated carbocycles. The van der Waals surface area contributed by atoms with Crippen LogP contribution in [-0.2, 0) is 11.2 Å². The number of amides is 2. The lowest BCUT2D eigenvalue weighted by Gasteiger charge is -2.16. The zero-order chi connectivity index (χ0) is 22.2. The largest absolute Gasteiger partial charge is 0.435 e. The normalized spacial score (nSPS) is 11.6. The molecule has 3 rings (SSSR count). The Kier molecular flexibility index (Phi) is 7.32. The van der Waals surface area contributed by atoms with Crippen LogP contribution in [0, 0.1) is 0 Å². The summed E-state index contributed by atoms with van der Waals surface area (Å²) < 4.78 is 30.2. The molecule has 2 N–H and O–H groups in total. The number of nitrogens with one attached hydrogen (secondary N) is 2. The van der Waals surface area contributed by atoms with Crippen molar-refractivity contribution < 1.29 is 23.1 Å². The molecule has 2 amide bonds. The van der Waals surface area contributed by atoms with Crippen molar-refractivity contribution in [3.8, 4) is 5.75 Å². The van der Waals surface area contributed by atoms with Gasteiger partial charge in [-0.05, 0) is 42.8 Å². The number of carbonyl (C=O) groups excluding carboxylic acids is 2. The number of halogens is 2. The summed E-state index contributed by atoms with van der Waals surface area (Å²) in [7, 11) is 0. The highest BCUT2D eigenvalue weighted by molar-refractivity contribution is 6.01. The molecule has 0 saturated heterocycles. The first-order valence-corrected chi connectivity index (χ1v) is 9.71. The van der Waals surface area contributed by atoms with Gasteiger partial charge in [0.1, 0.15) is 11.8 Å². The summed E-state index contributed by atoms with van der Waals surface area (Å²) in [6.07, 6.45) is 0.354. The maximum absolute atomic E-state index is 12.8. The van der Waals surface area contributed by atoms with E-state index in [0.29, 0.717) is 23.2 Å². The third-order valence-electron chi connectivity index (χ3n) is 4.56. The Morgan fingerprint density at radius 1 is 0.935 bits per heavy atom. The number of benzene rings is 3. The summed E-state index contributed by atoms with van der Waals surface area (Å²) in [5, 5.41) is 5.34. The Morgan fingerprint density at radius 2 is 1.58 bits per heavy atom. The van der Waals surface area contributed by atoms with Crippen molar-refractivity contribution in [2.75, 3.05) is 5.32 Å². The van der Waals surface area contributed by atoms with E-state index in [2.05, 4.69) is 15.4 Å². The number of carbonyl (C=O) groups is 2. The molecule has 0 radical (unpaired) electrons. The van der Waals surface area contributed by atoms with E-state index >= 15 is 0 Å². The fourth-order valence-corrected chi connectivity index (χ4v) is 3.01. The van der Waals surface area contributed by atoms with E-state index in [0.717, 1.165) is 5.56 Å². The van der Waals surface area contributed by atoms with Gasteiger partial charge >= 0.3 is 6.61 Å². The van der Waals surface area contributed by atoms with Crippen LogP contribution in [0.15, 0.2) is 78.9 Å². The van der Waals surface area contributed by atoms with Crippen LogP contribution in [0.1, 0.15) is 28.4 Å². The van der Waals surface area contributed by atoms with Crippen LogP contribution >= 0.6 is 0 Å². The molecule has 7 heteroatoms. The quantitative estimate of drug-likeness (QED) is 0.554. The van der Waals surface area contributed by atoms with Crippen molar-refractivity contribution >= 4 is 17.5 Å². The number of rotatable bonds is 8. The predicted octanol–water partition coefficient (Wildman–Crippen LogP) is 4.64. The van der Waals surface area contributed by atoms with Gasteiger partial charge in [0.15, 0.2) is 0 Å².